The summed E-state index contributed by atoms with van der Waals surface area (Å²) in [7, 11) is 0. The van der Waals surface area contributed by atoms with E-state index in [4.69, 9.17) is 0 Å². The van der Waals surface area contributed by atoms with Crippen LogP contribution in [0.4, 0.5) is 10.1 Å². The maximum absolute atomic E-state index is 13.6. The third-order valence-corrected chi connectivity index (χ3v) is 4.43. The molecule has 20 heavy (non-hydrogen) atoms. The van der Waals surface area contributed by atoms with Crippen LogP contribution in [0.1, 0.15) is 22.3 Å². The molecule has 0 aliphatic carbocycles. The van der Waals surface area contributed by atoms with E-state index in [0.29, 0.717) is 24.0 Å². The van der Waals surface area contributed by atoms with Crippen molar-refractivity contribution < 1.29 is 9.18 Å². The predicted molar refractivity (Wildman–Crippen MR) is 80.5 cm³/mol. The Balaban J connectivity index is 1.95. The fourth-order valence-corrected chi connectivity index (χ4v) is 2.91. The average Bonchev–Trinajstić information content (AvgIpc) is 2.47. The van der Waals surface area contributed by atoms with Crippen molar-refractivity contribution in [3.05, 3.63) is 63.9 Å². The maximum atomic E-state index is 13.6. The van der Waals surface area contributed by atoms with Gasteiger partial charge >= 0.3 is 0 Å². The number of rotatable bonds is 2. The van der Waals surface area contributed by atoms with Gasteiger partial charge in [-0.2, -0.15) is 0 Å². The topological polar surface area (TPSA) is 20.3 Å². The minimum Gasteiger partial charge on any atom is -0.366 e. The molecular formula is C16H13BrFNO. The van der Waals surface area contributed by atoms with Crippen molar-refractivity contribution in [2.45, 2.75) is 13.0 Å². The standard InChI is InChI=1S/C16H13BrFNO/c17-16-11(4-3-6-13(16)18)10-19-9-8-15(20)12-5-1-2-7-14(12)19/h1-7H,8-10H2. The molecule has 0 saturated heterocycles. The van der Waals surface area contributed by atoms with Crippen molar-refractivity contribution in [1.29, 1.82) is 0 Å². The van der Waals surface area contributed by atoms with Gasteiger partial charge in [-0.05, 0) is 39.7 Å². The summed E-state index contributed by atoms with van der Waals surface area (Å²) in [6, 6.07) is 12.6. The van der Waals surface area contributed by atoms with E-state index in [-0.39, 0.29) is 11.6 Å². The van der Waals surface area contributed by atoms with Gasteiger partial charge in [0.15, 0.2) is 5.78 Å². The molecule has 2 aromatic rings. The van der Waals surface area contributed by atoms with Crippen molar-refractivity contribution >= 4 is 27.4 Å². The summed E-state index contributed by atoms with van der Waals surface area (Å²) in [5.74, 6) is -0.0842. The molecule has 1 aliphatic rings. The minimum absolute atomic E-state index is 0.176. The van der Waals surface area contributed by atoms with Gasteiger partial charge in [0.05, 0.1) is 4.47 Å². The highest BCUT2D eigenvalue weighted by Crippen LogP contribution is 2.30. The number of benzene rings is 2. The van der Waals surface area contributed by atoms with Crippen molar-refractivity contribution in [1.82, 2.24) is 0 Å². The molecule has 3 rings (SSSR count). The summed E-state index contributed by atoms with van der Waals surface area (Å²) in [4.78, 5) is 14.0. The van der Waals surface area contributed by atoms with Crippen molar-refractivity contribution in [3.8, 4) is 0 Å². The largest absolute Gasteiger partial charge is 0.366 e. The Kier molecular flexibility index (Phi) is 3.57. The van der Waals surface area contributed by atoms with Crippen LogP contribution >= 0.6 is 15.9 Å². The first kappa shape index (κ1) is 13.3. The third kappa shape index (κ3) is 2.36. The van der Waals surface area contributed by atoms with E-state index < -0.39 is 0 Å². The first-order valence-corrected chi connectivity index (χ1v) is 7.26. The Hall–Kier alpha value is -1.68. The number of fused-ring (bicyclic) bond motifs is 1. The van der Waals surface area contributed by atoms with Crippen LogP contribution < -0.4 is 4.90 Å². The Bertz CT molecular complexity index is 671. The zero-order valence-electron chi connectivity index (χ0n) is 10.8. The zero-order chi connectivity index (χ0) is 14.1. The van der Waals surface area contributed by atoms with Gasteiger partial charge < -0.3 is 4.90 Å². The summed E-state index contributed by atoms with van der Waals surface area (Å²) in [5.41, 5.74) is 2.57. The van der Waals surface area contributed by atoms with Crippen LogP contribution in [-0.4, -0.2) is 12.3 Å². The zero-order valence-corrected chi connectivity index (χ0v) is 12.4. The molecule has 0 radical (unpaired) electrons. The summed E-state index contributed by atoms with van der Waals surface area (Å²) >= 11 is 3.29. The van der Waals surface area contributed by atoms with E-state index in [2.05, 4.69) is 20.8 Å². The van der Waals surface area contributed by atoms with Crippen LogP contribution in [0.15, 0.2) is 46.9 Å². The van der Waals surface area contributed by atoms with E-state index in [1.165, 1.54) is 6.07 Å². The minimum atomic E-state index is -0.260. The van der Waals surface area contributed by atoms with Crippen LogP contribution in [-0.2, 0) is 6.54 Å². The number of para-hydroxylation sites is 1. The van der Waals surface area contributed by atoms with Gasteiger partial charge in [0.2, 0.25) is 0 Å². The fourth-order valence-electron chi connectivity index (χ4n) is 2.52. The molecule has 0 unspecified atom stereocenters. The number of hydrogen-bond acceptors (Lipinski definition) is 2. The Labute approximate surface area is 125 Å². The molecule has 0 atom stereocenters. The molecule has 0 N–H and O–H groups in total. The van der Waals surface area contributed by atoms with Crippen LogP contribution in [0.2, 0.25) is 0 Å². The first-order valence-electron chi connectivity index (χ1n) is 6.47. The van der Waals surface area contributed by atoms with Crippen molar-refractivity contribution in [2.75, 3.05) is 11.4 Å². The van der Waals surface area contributed by atoms with Crippen LogP contribution in [0.3, 0.4) is 0 Å². The van der Waals surface area contributed by atoms with Crippen molar-refractivity contribution in [3.63, 3.8) is 0 Å². The third-order valence-electron chi connectivity index (χ3n) is 3.55. The van der Waals surface area contributed by atoms with Crippen LogP contribution in [0.25, 0.3) is 0 Å². The fraction of sp³-hybridized carbons (Fsp3) is 0.188. The number of Topliss-reactive ketones (excluding diaryl/α,β-unsaturated/α-hetero) is 1. The molecule has 102 valence electrons. The predicted octanol–water partition coefficient (Wildman–Crippen LogP) is 4.18. The van der Waals surface area contributed by atoms with Gasteiger partial charge in [-0.3, -0.25) is 4.79 Å². The smallest absolute Gasteiger partial charge is 0.166 e. The number of nitrogens with zero attached hydrogens (tertiary/aromatic N) is 1. The lowest BCUT2D eigenvalue weighted by atomic mass is 10.00. The molecule has 0 bridgehead atoms. The maximum Gasteiger partial charge on any atom is 0.166 e. The number of hydrogen-bond donors (Lipinski definition) is 0. The lowest BCUT2D eigenvalue weighted by Crippen LogP contribution is -2.31. The SMILES string of the molecule is O=C1CCN(Cc2cccc(F)c2Br)c2ccccc21. The quantitative estimate of drug-likeness (QED) is 0.821. The Morgan fingerprint density at radius 3 is 2.80 bits per heavy atom. The molecule has 0 fully saturated rings. The van der Waals surface area contributed by atoms with E-state index in [9.17, 15) is 9.18 Å². The van der Waals surface area contributed by atoms with E-state index >= 15 is 0 Å². The molecule has 1 heterocycles. The normalized spacial score (nSPS) is 14.3. The van der Waals surface area contributed by atoms with Gasteiger partial charge in [-0.25, -0.2) is 4.39 Å². The average molecular weight is 334 g/mol. The summed E-state index contributed by atoms with van der Waals surface area (Å²) in [6.45, 7) is 1.25. The monoisotopic (exact) mass is 333 g/mol. The van der Waals surface area contributed by atoms with Gasteiger partial charge in [-0.15, -0.1) is 0 Å². The van der Waals surface area contributed by atoms with Gasteiger partial charge in [0, 0.05) is 30.8 Å². The second-order valence-corrected chi connectivity index (χ2v) is 5.62. The number of carbonyl (C=O) groups excluding carboxylic acids is 1. The van der Waals surface area contributed by atoms with Crippen LogP contribution in [0.5, 0.6) is 0 Å². The van der Waals surface area contributed by atoms with E-state index in [0.717, 1.165) is 16.8 Å². The number of ketones is 1. The number of carbonyl (C=O) groups is 1. The molecular weight excluding hydrogens is 321 g/mol. The summed E-state index contributed by atoms with van der Waals surface area (Å²) < 4.78 is 14.1. The lowest BCUT2D eigenvalue weighted by Gasteiger charge is -2.30. The number of anilines is 1. The van der Waals surface area contributed by atoms with Crippen molar-refractivity contribution in [2.24, 2.45) is 0 Å². The first-order chi connectivity index (χ1) is 9.66. The highest BCUT2D eigenvalue weighted by Gasteiger charge is 2.23. The number of halogens is 2. The molecule has 4 heteroatoms. The van der Waals surface area contributed by atoms with Crippen LogP contribution in [0, 0.1) is 5.82 Å². The van der Waals surface area contributed by atoms with E-state index in [1.54, 1.807) is 6.07 Å². The molecule has 0 amide bonds. The Morgan fingerprint density at radius 1 is 1.15 bits per heavy atom. The highest BCUT2D eigenvalue weighted by molar-refractivity contribution is 9.10. The van der Waals surface area contributed by atoms with Gasteiger partial charge in [-0.1, -0.05) is 24.3 Å². The molecule has 2 aromatic carbocycles. The summed E-state index contributed by atoms with van der Waals surface area (Å²) in [5, 5.41) is 0. The second kappa shape index (κ2) is 5.37. The molecule has 2 nitrogen and oxygen atoms in total. The lowest BCUT2D eigenvalue weighted by molar-refractivity contribution is 0.0979. The molecule has 0 aromatic heterocycles. The van der Waals surface area contributed by atoms with Gasteiger partial charge in [0.1, 0.15) is 5.82 Å². The highest BCUT2D eigenvalue weighted by atomic mass is 79.9. The summed E-state index contributed by atoms with van der Waals surface area (Å²) in [6.07, 6.45) is 0.504. The second-order valence-electron chi connectivity index (χ2n) is 4.82. The van der Waals surface area contributed by atoms with E-state index in [1.807, 2.05) is 30.3 Å². The molecule has 1 aliphatic heterocycles. The molecule has 0 spiro atoms. The molecule has 0 saturated carbocycles. The Morgan fingerprint density at radius 2 is 1.95 bits per heavy atom. The van der Waals surface area contributed by atoms with Gasteiger partial charge in [0.25, 0.3) is 0 Å².